The van der Waals surface area contributed by atoms with Gasteiger partial charge in [0.15, 0.2) is 0 Å². The monoisotopic (exact) mass is 142 g/mol. The predicted molar refractivity (Wildman–Crippen MR) is 43.5 cm³/mol. The van der Waals surface area contributed by atoms with Gasteiger partial charge in [-0.25, -0.2) is 4.39 Å². The summed E-state index contributed by atoms with van der Waals surface area (Å²) < 4.78 is 12.8. The van der Waals surface area contributed by atoms with E-state index in [1.165, 1.54) is 0 Å². The first-order valence-corrected chi connectivity index (χ1v) is 3.58. The van der Waals surface area contributed by atoms with Crippen LogP contribution < -0.4 is 0 Å². The summed E-state index contributed by atoms with van der Waals surface area (Å²) in [5.41, 5.74) is 1.83. The largest absolute Gasteiger partial charge is 0.207 e. The fourth-order valence-corrected chi connectivity index (χ4v) is 0.463. The zero-order valence-electron chi connectivity index (χ0n) is 7.16. The SMILES string of the molecule is CCC(C)=CC(F)=C(C)C. The molecule has 0 aromatic carbocycles. The number of hydrogen-bond acceptors (Lipinski definition) is 0. The average Bonchev–Trinajstić information content (AvgIpc) is 1.87. The van der Waals surface area contributed by atoms with Crippen LogP contribution in [-0.2, 0) is 0 Å². The van der Waals surface area contributed by atoms with Gasteiger partial charge in [0.25, 0.3) is 0 Å². The number of hydrogen-bond donors (Lipinski definition) is 0. The van der Waals surface area contributed by atoms with Crippen molar-refractivity contribution in [3.63, 3.8) is 0 Å². The van der Waals surface area contributed by atoms with E-state index >= 15 is 0 Å². The highest BCUT2D eigenvalue weighted by Crippen LogP contribution is 2.10. The molecule has 0 saturated heterocycles. The van der Waals surface area contributed by atoms with E-state index in [4.69, 9.17) is 0 Å². The Balaban J connectivity index is 4.27. The Hall–Kier alpha value is -0.590. The molecule has 0 rings (SSSR count). The molecule has 0 N–H and O–H groups in total. The van der Waals surface area contributed by atoms with Gasteiger partial charge in [0, 0.05) is 0 Å². The lowest BCUT2D eigenvalue weighted by molar-refractivity contribution is 0.651. The molecule has 0 aromatic heterocycles. The smallest absolute Gasteiger partial charge is 0.121 e. The van der Waals surface area contributed by atoms with Crippen molar-refractivity contribution in [2.45, 2.75) is 34.1 Å². The Labute approximate surface area is 62.4 Å². The van der Waals surface area contributed by atoms with Crippen LogP contribution in [0.15, 0.2) is 23.0 Å². The lowest BCUT2D eigenvalue weighted by Crippen LogP contribution is -1.75. The molecule has 0 nitrogen and oxygen atoms in total. The molecule has 0 amide bonds. The van der Waals surface area contributed by atoms with Crippen molar-refractivity contribution >= 4 is 0 Å². The molecule has 0 fully saturated rings. The van der Waals surface area contributed by atoms with E-state index in [1.807, 2.05) is 13.8 Å². The zero-order chi connectivity index (χ0) is 8.15. The van der Waals surface area contributed by atoms with Gasteiger partial charge in [0.05, 0.1) is 0 Å². The third-order valence-corrected chi connectivity index (χ3v) is 1.41. The van der Waals surface area contributed by atoms with Crippen molar-refractivity contribution in [1.82, 2.24) is 0 Å². The summed E-state index contributed by atoms with van der Waals surface area (Å²) in [5.74, 6) is -0.0978. The molecule has 0 atom stereocenters. The fraction of sp³-hybridized carbons (Fsp3) is 0.556. The van der Waals surface area contributed by atoms with Gasteiger partial charge in [0.2, 0.25) is 0 Å². The van der Waals surface area contributed by atoms with Crippen molar-refractivity contribution in [2.75, 3.05) is 0 Å². The molecule has 0 aliphatic carbocycles. The molecule has 0 radical (unpaired) electrons. The van der Waals surface area contributed by atoms with Gasteiger partial charge in [-0.2, -0.15) is 0 Å². The van der Waals surface area contributed by atoms with Gasteiger partial charge in [-0.1, -0.05) is 12.5 Å². The molecular formula is C9H15F. The average molecular weight is 142 g/mol. The Kier molecular flexibility index (Phi) is 4.01. The van der Waals surface area contributed by atoms with Crippen molar-refractivity contribution in [2.24, 2.45) is 0 Å². The van der Waals surface area contributed by atoms with Crippen molar-refractivity contribution in [1.29, 1.82) is 0 Å². The highest BCUT2D eigenvalue weighted by atomic mass is 19.1. The third kappa shape index (κ3) is 3.44. The van der Waals surface area contributed by atoms with E-state index in [9.17, 15) is 4.39 Å². The number of allylic oxidation sites excluding steroid dienone is 4. The van der Waals surface area contributed by atoms with Crippen LogP contribution in [0.1, 0.15) is 34.1 Å². The Bertz CT molecular complexity index is 160. The van der Waals surface area contributed by atoms with Gasteiger partial charge >= 0.3 is 0 Å². The Morgan fingerprint density at radius 1 is 1.30 bits per heavy atom. The van der Waals surface area contributed by atoms with Crippen LogP contribution in [0, 0.1) is 0 Å². The second-order valence-corrected chi connectivity index (χ2v) is 2.69. The van der Waals surface area contributed by atoms with Crippen LogP contribution in [0.3, 0.4) is 0 Å². The first-order chi connectivity index (χ1) is 4.57. The summed E-state index contributed by atoms with van der Waals surface area (Å²) in [6.45, 7) is 7.50. The highest BCUT2D eigenvalue weighted by Gasteiger charge is 1.92. The third-order valence-electron chi connectivity index (χ3n) is 1.41. The minimum absolute atomic E-state index is 0.0978. The normalized spacial score (nSPS) is 11.5. The summed E-state index contributed by atoms with van der Waals surface area (Å²) in [6, 6.07) is 0. The first kappa shape index (κ1) is 9.41. The van der Waals surface area contributed by atoms with Gasteiger partial charge in [0.1, 0.15) is 5.83 Å². The molecule has 0 saturated carbocycles. The van der Waals surface area contributed by atoms with Gasteiger partial charge in [-0.3, -0.25) is 0 Å². The van der Waals surface area contributed by atoms with E-state index in [1.54, 1.807) is 19.9 Å². The van der Waals surface area contributed by atoms with Crippen LogP contribution in [0.2, 0.25) is 0 Å². The summed E-state index contributed by atoms with van der Waals surface area (Å²) >= 11 is 0. The van der Waals surface area contributed by atoms with E-state index in [-0.39, 0.29) is 5.83 Å². The van der Waals surface area contributed by atoms with E-state index in [2.05, 4.69) is 0 Å². The van der Waals surface area contributed by atoms with E-state index in [0.29, 0.717) is 0 Å². The Morgan fingerprint density at radius 2 is 1.80 bits per heavy atom. The van der Waals surface area contributed by atoms with Gasteiger partial charge < -0.3 is 0 Å². The molecule has 0 bridgehead atoms. The predicted octanol–water partition coefficient (Wildman–Crippen LogP) is 3.61. The summed E-state index contributed by atoms with van der Waals surface area (Å²) in [5, 5.41) is 0. The maximum Gasteiger partial charge on any atom is 0.121 e. The lowest BCUT2D eigenvalue weighted by atomic mass is 10.2. The maximum absolute atomic E-state index is 12.8. The minimum atomic E-state index is -0.0978. The Morgan fingerprint density at radius 3 is 2.10 bits per heavy atom. The fourth-order valence-electron chi connectivity index (χ4n) is 0.463. The lowest BCUT2D eigenvalue weighted by Gasteiger charge is -1.94. The molecule has 0 aliphatic rings. The molecule has 1 heteroatoms. The van der Waals surface area contributed by atoms with E-state index < -0.39 is 0 Å². The summed E-state index contributed by atoms with van der Waals surface area (Å²) in [6.07, 6.45) is 2.51. The summed E-state index contributed by atoms with van der Waals surface area (Å²) in [4.78, 5) is 0. The summed E-state index contributed by atoms with van der Waals surface area (Å²) in [7, 11) is 0. The van der Waals surface area contributed by atoms with E-state index in [0.717, 1.165) is 17.6 Å². The quantitative estimate of drug-likeness (QED) is 0.517. The second kappa shape index (κ2) is 4.26. The molecular weight excluding hydrogens is 127 g/mol. The van der Waals surface area contributed by atoms with Crippen molar-refractivity contribution < 1.29 is 4.39 Å². The van der Waals surface area contributed by atoms with Crippen LogP contribution in [0.25, 0.3) is 0 Å². The molecule has 0 unspecified atom stereocenters. The van der Waals surface area contributed by atoms with Crippen molar-refractivity contribution in [3.05, 3.63) is 23.0 Å². The van der Waals surface area contributed by atoms with Crippen LogP contribution in [0.5, 0.6) is 0 Å². The number of halogens is 1. The zero-order valence-corrected chi connectivity index (χ0v) is 7.16. The molecule has 0 aromatic rings. The van der Waals surface area contributed by atoms with Crippen LogP contribution in [-0.4, -0.2) is 0 Å². The number of rotatable bonds is 2. The van der Waals surface area contributed by atoms with Gasteiger partial charge in [-0.05, 0) is 38.8 Å². The standard InChI is InChI=1S/C9H15F/c1-5-8(4)6-9(10)7(2)3/h6H,5H2,1-4H3. The molecule has 58 valence electrons. The topological polar surface area (TPSA) is 0 Å². The first-order valence-electron chi connectivity index (χ1n) is 3.58. The molecule has 0 aliphatic heterocycles. The molecule has 0 spiro atoms. The van der Waals surface area contributed by atoms with Crippen LogP contribution in [0.4, 0.5) is 4.39 Å². The molecule has 10 heavy (non-hydrogen) atoms. The molecule has 0 heterocycles. The minimum Gasteiger partial charge on any atom is -0.207 e. The highest BCUT2D eigenvalue weighted by molar-refractivity contribution is 5.20. The second-order valence-electron chi connectivity index (χ2n) is 2.69. The van der Waals surface area contributed by atoms with Crippen molar-refractivity contribution in [3.8, 4) is 0 Å². The maximum atomic E-state index is 12.8. The van der Waals surface area contributed by atoms with Crippen LogP contribution >= 0.6 is 0 Å². The van der Waals surface area contributed by atoms with Gasteiger partial charge in [-0.15, -0.1) is 0 Å².